The smallest absolute Gasteiger partial charge is 0.334 e. The molecule has 7 heteroatoms. The summed E-state index contributed by atoms with van der Waals surface area (Å²) in [5.74, 6) is 0.519. The van der Waals surface area contributed by atoms with E-state index in [0.29, 0.717) is 18.1 Å². The van der Waals surface area contributed by atoms with Crippen LogP contribution in [0.3, 0.4) is 0 Å². The summed E-state index contributed by atoms with van der Waals surface area (Å²) < 4.78 is 1.58. The molecule has 0 aliphatic heterocycles. The third kappa shape index (κ3) is 2.49. The van der Waals surface area contributed by atoms with Gasteiger partial charge in [0.25, 0.3) is 0 Å². The Balaban J connectivity index is 2.49. The first-order valence-electron chi connectivity index (χ1n) is 7.06. The third-order valence-corrected chi connectivity index (χ3v) is 3.88. The standard InChI is InChI=1S/C13H22N4O3/c1-9(2)11-12(17(19)20)13(15(3)14-11)16(7-8-18)10-5-4-6-10/h9-10,18H,4-8H2,1-3H3. The summed E-state index contributed by atoms with van der Waals surface area (Å²) >= 11 is 0. The van der Waals surface area contributed by atoms with Gasteiger partial charge in [-0.25, -0.2) is 4.68 Å². The molecule has 112 valence electrons. The predicted octanol–water partition coefficient (Wildman–Crippen LogP) is 1.80. The van der Waals surface area contributed by atoms with E-state index < -0.39 is 0 Å². The maximum atomic E-state index is 11.5. The largest absolute Gasteiger partial charge is 0.395 e. The normalized spacial score (nSPS) is 15.4. The highest BCUT2D eigenvalue weighted by molar-refractivity contribution is 5.63. The summed E-state index contributed by atoms with van der Waals surface area (Å²) in [5, 5.41) is 25.0. The summed E-state index contributed by atoms with van der Waals surface area (Å²) in [7, 11) is 1.73. The minimum atomic E-state index is -0.347. The van der Waals surface area contributed by atoms with Crippen LogP contribution in [0.1, 0.15) is 44.7 Å². The summed E-state index contributed by atoms with van der Waals surface area (Å²) in [6.07, 6.45) is 3.16. The van der Waals surface area contributed by atoms with Gasteiger partial charge in [-0.2, -0.15) is 5.10 Å². The zero-order chi connectivity index (χ0) is 14.9. The maximum Gasteiger partial charge on any atom is 0.334 e. The molecule has 1 aromatic heterocycles. The molecule has 0 aromatic carbocycles. The van der Waals surface area contributed by atoms with Gasteiger partial charge >= 0.3 is 5.69 Å². The van der Waals surface area contributed by atoms with Gasteiger partial charge in [-0.3, -0.25) is 10.1 Å². The molecule has 0 unspecified atom stereocenters. The molecule has 1 aliphatic rings. The molecule has 0 radical (unpaired) electrons. The first-order chi connectivity index (χ1) is 9.47. The van der Waals surface area contributed by atoms with Gasteiger partial charge in [0.15, 0.2) is 0 Å². The monoisotopic (exact) mass is 282 g/mol. The van der Waals surface area contributed by atoms with Crippen molar-refractivity contribution < 1.29 is 10.0 Å². The molecule has 1 heterocycles. The van der Waals surface area contributed by atoms with Crippen LogP contribution in [0.2, 0.25) is 0 Å². The quantitative estimate of drug-likeness (QED) is 0.635. The van der Waals surface area contributed by atoms with Crippen molar-refractivity contribution >= 4 is 11.5 Å². The Hall–Kier alpha value is -1.63. The Kier molecular flexibility index (Phi) is 4.27. The lowest BCUT2D eigenvalue weighted by molar-refractivity contribution is -0.385. The molecule has 0 bridgehead atoms. The molecule has 0 atom stereocenters. The summed E-state index contributed by atoms with van der Waals surface area (Å²) in [6, 6.07) is 0.274. The van der Waals surface area contributed by atoms with Gasteiger partial charge in [-0.15, -0.1) is 0 Å². The van der Waals surface area contributed by atoms with E-state index in [-0.39, 0.29) is 29.2 Å². The van der Waals surface area contributed by atoms with Crippen molar-refractivity contribution in [1.29, 1.82) is 0 Å². The lowest BCUT2D eigenvalue weighted by Crippen LogP contribution is -2.43. The van der Waals surface area contributed by atoms with E-state index in [0.717, 1.165) is 19.3 Å². The van der Waals surface area contributed by atoms with Gasteiger partial charge < -0.3 is 10.0 Å². The number of hydrogen-bond acceptors (Lipinski definition) is 5. The molecule has 0 spiro atoms. The summed E-state index contributed by atoms with van der Waals surface area (Å²) in [4.78, 5) is 13.1. The minimum Gasteiger partial charge on any atom is -0.395 e. The Bertz CT molecular complexity index is 494. The van der Waals surface area contributed by atoms with E-state index in [1.54, 1.807) is 11.7 Å². The fourth-order valence-electron chi connectivity index (χ4n) is 2.68. The number of aliphatic hydroxyl groups is 1. The topological polar surface area (TPSA) is 84.4 Å². The average Bonchev–Trinajstić information content (AvgIpc) is 2.64. The first kappa shape index (κ1) is 14.8. The number of aryl methyl sites for hydroxylation is 1. The molecular formula is C13H22N4O3. The van der Waals surface area contributed by atoms with Crippen molar-refractivity contribution in [3.63, 3.8) is 0 Å². The van der Waals surface area contributed by atoms with Crippen molar-refractivity contribution in [3.05, 3.63) is 15.8 Å². The summed E-state index contributed by atoms with van der Waals surface area (Å²) in [5.41, 5.74) is 0.595. The second-order valence-corrected chi connectivity index (χ2v) is 5.59. The van der Waals surface area contributed by atoms with Crippen LogP contribution in [0.5, 0.6) is 0 Å². The molecule has 20 heavy (non-hydrogen) atoms. The number of aliphatic hydroxyl groups excluding tert-OH is 1. The second kappa shape index (κ2) is 5.78. The van der Waals surface area contributed by atoms with Crippen molar-refractivity contribution in [2.75, 3.05) is 18.1 Å². The van der Waals surface area contributed by atoms with Crippen molar-refractivity contribution in [2.24, 2.45) is 7.05 Å². The van der Waals surface area contributed by atoms with E-state index in [1.165, 1.54) is 0 Å². The minimum absolute atomic E-state index is 0.00674. The number of anilines is 1. The van der Waals surface area contributed by atoms with E-state index in [9.17, 15) is 15.2 Å². The van der Waals surface area contributed by atoms with Crippen LogP contribution in [0.15, 0.2) is 0 Å². The third-order valence-electron chi connectivity index (χ3n) is 3.88. The Morgan fingerprint density at radius 1 is 1.55 bits per heavy atom. The highest BCUT2D eigenvalue weighted by Crippen LogP contribution is 2.39. The summed E-state index contributed by atoms with van der Waals surface area (Å²) in [6.45, 7) is 4.19. The van der Waals surface area contributed by atoms with Crippen LogP contribution in [-0.4, -0.2) is 39.0 Å². The van der Waals surface area contributed by atoms with Crippen LogP contribution in [0.25, 0.3) is 0 Å². The zero-order valence-electron chi connectivity index (χ0n) is 12.2. The number of aromatic nitrogens is 2. The maximum absolute atomic E-state index is 11.5. The highest BCUT2D eigenvalue weighted by atomic mass is 16.6. The van der Waals surface area contributed by atoms with Gasteiger partial charge in [-0.1, -0.05) is 13.8 Å². The molecule has 2 rings (SSSR count). The van der Waals surface area contributed by atoms with Crippen LogP contribution in [0.4, 0.5) is 11.5 Å². The number of nitro groups is 1. The predicted molar refractivity (Wildman–Crippen MR) is 76.0 cm³/mol. The van der Waals surface area contributed by atoms with E-state index in [4.69, 9.17) is 0 Å². The number of rotatable bonds is 6. The van der Waals surface area contributed by atoms with Gasteiger partial charge in [0.05, 0.1) is 11.5 Å². The van der Waals surface area contributed by atoms with Crippen LogP contribution in [0, 0.1) is 10.1 Å². The Morgan fingerprint density at radius 2 is 2.20 bits per heavy atom. The van der Waals surface area contributed by atoms with Gasteiger partial charge in [0.2, 0.25) is 5.82 Å². The van der Waals surface area contributed by atoms with Crippen molar-refractivity contribution in [3.8, 4) is 0 Å². The molecule has 1 fully saturated rings. The lowest BCUT2D eigenvalue weighted by atomic mass is 9.91. The lowest BCUT2D eigenvalue weighted by Gasteiger charge is -2.37. The Morgan fingerprint density at radius 3 is 2.60 bits per heavy atom. The second-order valence-electron chi connectivity index (χ2n) is 5.59. The van der Waals surface area contributed by atoms with Crippen molar-refractivity contribution in [2.45, 2.75) is 45.1 Å². The molecule has 1 aromatic rings. The molecule has 0 amide bonds. The molecular weight excluding hydrogens is 260 g/mol. The van der Waals surface area contributed by atoms with Crippen LogP contribution in [-0.2, 0) is 7.05 Å². The van der Waals surface area contributed by atoms with E-state index in [2.05, 4.69) is 5.10 Å². The Labute approximate surface area is 118 Å². The van der Waals surface area contributed by atoms with Gasteiger partial charge in [0, 0.05) is 25.6 Å². The van der Waals surface area contributed by atoms with Crippen molar-refractivity contribution in [1.82, 2.24) is 9.78 Å². The molecule has 7 nitrogen and oxygen atoms in total. The van der Waals surface area contributed by atoms with E-state index >= 15 is 0 Å². The SMILES string of the molecule is CC(C)c1nn(C)c(N(CCO)C2CCC2)c1[N+](=O)[O-]. The molecule has 1 N–H and O–H groups in total. The number of nitrogens with zero attached hydrogens (tertiary/aromatic N) is 4. The highest BCUT2D eigenvalue weighted by Gasteiger charge is 2.36. The number of hydrogen-bond donors (Lipinski definition) is 1. The zero-order valence-corrected chi connectivity index (χ0v) is 12.2. The van der Waals surface area contributed by atoms with Gasteiger partial charge in [-0.05, 0) is 19.3 Å². The fraction of sp³-hybridized carbons (Fsp3) is 0.769. The average molecular weight is 282 g/mol. The van der Waals surface area contributed by atoms with Gasteiger partial charge in [0.1, 0.15) is 5.69 Å². The molecule has 0 saturated heterocycles. The molecule has 1 saturated carbocycles. The fourth-order valence-corrected chi connectivity index (χ4v) is 2.68. The van der Waals surface area contributed by atoms with E-state index in [1.807, 2.05) is 18.7 Å². The van der Waals surface area contributed by atoms with Crippen LogP contribution < -0.4 is 4.90 Å². The first-order valence-corrected chi connectivity index (χ1v) is 7.06. The molecule has 1 aliphatic carbocycles. The van der Waals surface area contributed by atoms with Crippen LogP contribution >= 0.6 is 0 Å².